The minimum absolute atomic E-state index is 0.164. The normalized spacial score (nSPS) is 14.4. The molecular formula is C24H24N4O5S. The van der Waals surface area contributed by atoms with E-state index in [1.807, 2.05) is 18.2 Å². The van der Waals surface area contributed by atoms with E-state index >= 15 is 0 Å². The van der Waals surface area contributed by atoms with Crippen LogP contribution in [0.25, 0.3) is 11.3 Å². The molecule has 9 nitrogen and oxygen atoms in total. The van der Waals surface area contributed by atoms with Crippen LogP contribution in [0.2, 0.25) is 0 Å². The first-order valence-corrected chi connectivity index (χ1v) is 11.7. The van der Waals surface area contributed by atoms with Gasteiger partial charge in [-0.05, 0) is 24.6 Å². The summed E-state index contributed by atoms with van der Waals surface area (Å²) in [5.74, 6) is 0.737. The zero-order valence-electron chi connectivity index (χ0n) is 19.3. The summed E-state index contributed by atoms with van der Waals surface area (Å²) in [4.78, 5) is 31.0. The molecule has 0 spiro atoms. The SMILES string of the molecule is CCCSc1nnc2c(n1)OC(c1cccc(OC)c1OC(C)=O)N(C(C)=O)c1ccccc1-2. The summed E-state index contributed by atoms with van der Waals surface area (Å²) in [6, 6.07) is 12.4. The number of aromatic nitrogens is 3. The average Bonchev–Trinajstić information content (AvgIpc) is 2.96. The molecule has 2 aromatic carbocycles. The van der Waals surface area contributed by atoms with Crippen LogP contribution in [-0.4, -0.2) is 39.9 Å². The lowest BCUT2D eigenvalue weighted by Gasteiger charge is -2.31. The van der Waals surface area contributed by atoms with E-state index in [0.717, 1.165) is 12.2 Å². The minimum Gasteiger partial charge on any atom is -0.493 e. The van der Waals surface area contributed by atoms with E-state index < -0.39 is 12.2 Å². The molecule has 1 aromatic heterocycles. The van der Waals surface area contributed by atoms with E-state index in [-0.39, 0.29) is 17.5 Å². The number of nitrogens with zero attached hydrogens (tertiary/aromatic N) is 4. The first-order valence-electron chi connectivity index (χ1n) is 10.7. The monoisotopic (exact) mass is 480 g/mol. The molecule has 1 aliphatic rings. The number of benzene rings is 2. The van der Waals surface area contributed by atoms with E-state index in [1.165, 1.54) is 37.6 Å². The van der Waals surface area contributed by atoms with Gasteiger partial charge in [0.1, 0.15) is 0 Å². The standard InChI is InChI=1S/C24H24N4O5S/c1-5-13-34-24-25-22-20(26-27-24)16-9-6-7-11-18(16)28(14(2)29)23(33-22)17-10-8-12-19(31-4)21(17)32-15(3)30/h6-12,23H,5,13H2,1-4H3. The van der Waals surface area contributed by atoms with E-state index in [9.17, 15) is 9.59 Å². The quantitative estimate of drug-likeness (QED) is 0.288. The molecule has 0 fully saturated rings. The number of para-hydroxylation sites is 2. The molecule has 0 saturated carbocycles. The Morgan fingerprint density at radius 2 is 1.91 bits per heavy atom. The molecule has 0 N–H and O–H groups in total. The number of amides is 1. The van der Waals surface area contributed by atoms with Crippen molar-refractivity contribution in [2.45, 2.75) is 38.6 Å². The summed E-state index contributed by atoms with van der Waals surface area (Å²) in [7, 11) is 1.47. The van der Waals surface area contributed by atoms with Crippen molar-refractivity contribution in [3.8, 4) is 28.6 Å². The fourth-order valence-corrected chi connectivity index (χ4v) is 4.28. The molecule has 176 valence electrons. The van der Waals surface area contributed by atoms with Crippen LogP contribution >= 0.6 is 11.8 Å². The van der Waals surface area contributed by atoms with Gasteiger partial charge in [0.25, 0.3) is 0 Å². The fraction of sp³-hybridized carbons (Fsp3) is 0.292. The number of hydrogen-bond donors (Lipinski definition) is 0. The molecule has 1 atom stereocenters. The van der Waals surface area contributed by atoms with Gasteiger partial charge < -0.3 is 14.2 Å². The van der Waals surface area contributed by atoms with Crippen LogP contribution in [0.1, 0.15) is 39.0 Å². The minimum atomic E-state index is -1.01. The van der Waals surface area contributed by atoms with Crippen LogP contribution in [0, 0.1) is 0 Å². The Morgan fingerprint density at radius 1 is 1.12 bits per heavy atom. The average molecular weight is 481 g/mol. The van der Waals surface area contributed by atoms with Crippen LogP contribution in [0.4, 0.5) is 5.69 Å². The van der Waals surface area contributed by atoms with Gasteiger partial charge >= 0.3 is 5.97 Å². The molecule has 1 amide bonds. The van der Waals surface area contributed by atoms with Crippen molar-refractivity contribution in [1.29, 1.82) is 0 Å². The third-order valence-corrected chi connectivity index (χ3v) is 6.07. The molecule has 1 unspecified atom stereocenters. The number of carbonyl (C=O) groups excluding carboxylic acids is 2. The third kappa shape index (κ3) is 4.54. The van der Waals surface area contributed by atoms with Crippen molar-refractivity contribution in [3.63, 3.8) is 0 Å². The molecule has 0 aliphatic carbocycles. The maximum absolute atomic E-state index is 13.0. The maximum atomic E-state index is 13.0. The number of anilines is 1. The van der Waals surface area contributed by atoms with Crippen molar-refractivity contribution < 1.29 is 23.8 Å². The van der Waals surface area contributed by atoms with E-state index in [4.69, 9.17) is 14.2 Å². The summed E-state index contributed by atoms with van der Waals surface area (Å²) >= 11 is 1.47. The predicted molar refractivity (Wildman–Crippen MR) is 127 cm³/mol. The van der Waals surface area contributed by atoms with Gasteiger partial charge in [-0.2, -0.15) is 4.98 Å². The van der Waals surface area contributed by atoms with Crippen molar-refractivity contribution in [2.75, 3.05) is 17.8 Å². The van der Waals surface area contributed by atoms with Gasteiger partial charge in [-0.25, -0.2) is 0 Å². The topological polar surface area (TPSA) is 104 Å². The lowest BCUT2D eigenvalue weighted by Crippen LogP contribution is -2.36. The zero-order chi connectivity index (χ0) is 24.2. The molecule has 34 heavy (non-hydrogen) atoms. The Balaban J connectivity index is 1.95. The second kappa shape index (κ2) is 10.1. The largest absolute Gasteiger partial charge is 0.493 e. The van der Waals surface area contributed by atoms with Gasteiger partial charge in [0, 0.05) is 25.2 Å². The highest BCUT2D eigenvalue weighted by molar-refractivity contribution is 7.99. The summed E-state index contributed by atoms with van der Waals surface area (Å²) in [6.45, 7) is 4.80. The van der Waals surface area contributed by atoms with Crippen LogP contribution in [0.3, 0.4) is 0 Å². The smallest absolute Gasteiger partial charge is 0.308 e. The lowest BCUT2D eigenvalue weighted by atomic mass is 10.1. The molecule has 4 rings (SSSR count). The molecule has 10 heteroatoms. The number of fused-ring (bicyclic) bond motifs is 3. The van der Waals surface area contributed by atoms with Gasteiger partial charge in [0.2, 0.25) is 23.2 Å². The number of esters is 1. The first-order chi connectivity index (χ1) is 16.4. The van der Waals surface area contributed by atoms with Crippen LogP contribution < -0.4 is 19.1 Å². The zero-order valence-corrected chi connectivity index (χ0v) is 20.1. The number of methoxy groups -OCH3 is 1. The van der Waals surface area contributed by atoms with Crippen LogP contribution in [0.15, 0.2) is 47.6 Å². The predicted octanol–water partition coefficient (Wildman–Crippen LogP) is 4.42. The summed E-state index contributed by atoms with van der Waals surface area (Å²) in [6.07, 6.45) is -0.0597. The lowest BCUT2D eigenvalue weighted by molar-refractivity contribution is -0.132. The van der Waals surface area contributed by atoms with Crippen molar-refractivity contribution >= 4 is 29.3 Å². The number of thioether (sulfide) groups is 1. The Labute approximate surface area is 201 Å². The van der Waals surface area contributed by atoms with Crippen molar-refractivity contribution in [1.82, 2.24) is 15.2 Å². The summed E-state index contributed by atoms with van der Waals surface area (Å²) in [5, 5.41) is 9.12. The second-order valence-corrected chi connectivity index (χ2v) is 8.51. The maximum Gasteiger partial charge on any atom is 0.308 e. The number of carbonyl (C=O) groups is 2. The van der Waals surface area contributed by atoms with Gasteiger partial charge in [0.15, 0.2) is 17.2 Å². The number of rotatable bonds is 6. The Hall–Kier alpha value is -3.66. The Morgan fingerprint density at radius 3 is 2.62 bits per heavy atom. The van der Waals surface area contributed by atoms with Crippen molar-refractivity contribution in [2.24, 2.45) is 0 Å². The van der Waals surface area contributed by atoms with Crippen molar-refractivity contribution in [3.05, 3.63) is 48.0 Å². The van der Waals surface area contributed by atoms with E-state index in [2.05, 4.69) is 22.1 Å². The highest BCUT2D eigenvalue weighted by Gasteiger charge is 2.37. The first kappa shape index (κ1) is 23.5. The van der Waals surface area contributed by atoms with Crippen LogP contribution in [0.5, 0.6) is 17.4 Å². The van der Waals surface area contributed by atoms with E-state index in [1.54, 1.807) is 24.3 Å². The molecule has 0 bridgehead atoms. The molecule has 2 heterocycles. The fourth-order valence-electron chi connectivity index (χ4n) is 3.65. The van der Waals surface area contributed by atoms with Gasteiger partial charge in [0.05, 0.1) is 18.4 Å². The van der Waals surface area contributed by atoms with Gasteiger partial charge in [-0.1, -0.05) is 43.0 Å². The summed E-state index contributed by atoms with van der Waals surface area (Å²) < 4.78 is 17.3. The Kier molecular flexibility index (Phi) is 6.97. The molecule has 0 radical (unpaired) electrons. The third-order valence-electron chi connectivity index (χ3n) is 5.03. The molecule has 3 aromatic rings. The number of hydrogen-bond acceptors (Lipinski definition) is 9. The summed E-state index contributed by atoms with van der Waals surface area (Å²) in [5.41, 5.74) is 2.07. The molecule has 0 saturated heterocycles. The van der Waals surface area contributed by atoms with E-state index in [0.29, 0.717) is 33.4 Å². The van der Waals surface area contributed by atoms with Gasteiger partial charge in [-0.3, -0.25) is 14.5 Å². The molecular weight excluding hydrogens is 456 g/mol. The second-order valence-electron chi connectivity index (χ2n) is 7.45. The van der Waals surface area contributed by atoms with Gasteiger partial charge in [-0.15, -0.1) is 10.2 Å². The Bertz CT molecular complexity index is 1240. The van der Waals surface area contributed by atoms with Crippen LogP contribution in [-0.2, 0) is 9.59 Å². The number of ether oxygens (including phenoxy) is 3. The molecule has 1 aliphatic heterocycles. The highest BCUT2D eigenvalue weighted by Crippen LogP contribution is 2.46. The highest BCUT2D eigenvalue weighted by atomic mass is 32.2.